The van der Waals surface area contributed by atoms with E-state index in [0.29, 0.717) is 26.2 Å². The van der Waals surface area contributed by atoms with E-state index in [1.54, 1.807) is 0 Å². The van der Waals surface area contributed by atoms with E-state index >= 15 is 0 Å². The Morgan fingerprint density at radius 2 is 1.71 bits per heavy atom. The monoisotopic (exact) mass is 236 g/mol. The molecule has 1 aromatic rings. The van der Waals surface area contributed by atoms with Crippen LogP contribution in [-0.4, -0.2) is 42.8 Å². The molecule has 1 aliphatic heterocycles. The number of halogens is 1. The second-order valence-electron chi connectivity index (χ2n) is 3.88. The fourth-order valence-electron chi connectivity index (χ4n) is 1.74. The average Bonchev–Trinajstić information content (AvgIpc) is 2.39. The summed E-state index contributed by atoms with van der Waals surface area (Å²) in [6, 6.07) is 5.02. The van der Waals surface area contributed by atoms with Crippen molar-refractivity contribution in [3.8, 4) is 0 Å². The van der Waals surface area contributed by atoms with Gasteiger partial charge >= 0.3 is 0 Å². The number of ketones is 1. The van der Waals surface area contributed by atoms with Crippen LogP contribution in [0.5, 0.6) is 0 Å². The Labute approximate surface area is 98.4 Å². The summed E-state index contributed by atoms with van der Waals surface area (Å²) >= 11 is 0. The van der Waals surface area contributed by atoms with Crippen molar-refractivity contribution in [2.45, 2.75) is 0 Å². The van der Waals surface area contributed by atoms with Crippen molar-refractivity contribution < 1.29 is 14.0 Å². The zero-order valence-corrected chi connectivity index (χ0v) is 9.28. The van der Waals surface area contributed by atoms with Crippen LogP contribution in [0.25, 0.3) is 0 Å². The third-order valence-corrected chi connectivity index (χ3v) is 2.70. The van der Waals surface area contributed by atoms with E-state index in [2.05, 4.69) is 5.32 Å². The van der Waals surface area contributed by atoms with E-state index in [-0.39, 0.29) is 5.56 Å². The first-order valence-corrected chi connectivity index (χ1v) is 5.48. The quantitative estimate of drug-likeness (QED) is 0.599. The summed E-state index contributed by atoms with van der Waals surface area (Å²) in [6.07, 6.45) is 0. The van der Waals surface area contributed by atoms with Crippen LogP contribution in [0.1, 0.15) is 10.4 Å². The molecule has 0 radical (unpaired) electrons. The second-order valence-corrected chi connectivity index (χ2v) is 3.88. The lowest BCUT2D eigenvalue weighted by Crippen LogP contribution is -2.48. The highest BCUT2D eigenvalue weighted by Crippen LogP contribution is 2.06. The van der Waals surface area contributed by atoms with E-state index in [0.717, 1.165) is 0 Å². The third kappa shape index (κ3) is 2.68. The molecule has 17 heavy (non-hydrogen) atoms. The highest BCUT2D eigenvalue weighted by molar-refractivity contribution is 6.42. The Morgan fingerprint density at radius 1 is 1.12 bits per heavy atom. The Balaban J connectivity index is 2.08. The van der Waals surface area contributed by atoms with E-state index in [1.165, 1.54) is 29.2 Å². The number of carbonyl (C=O) groups is 2. The lowest BCUT2D eigenvalue weighted by Gasteiger charge is -2.26. The standard InChI is InChI=1S/C12H13FN2O2/c13-10-3-1-9(2-4-10)11(16)12(17)15-7-5-14-6-8-15/h1-4,14H,5-8H2. The molecule has 0 saturated carbocycles. The summed E-state index contributed by atoms with van der Waals surface area (Å²) in [4.78, 5) is 25.2. The van der Waals surface area contributed by atoms with Gasteiger partial charge in [0.05, 0.1) is 0 Å². The van der Waals surface area contributed by atoms with Crippen molar-refractivity contribution in [1.82, 2.24) is 10.2 Å². The molecule has 0 atom stereocenters. The van der Waals surface area contributed by atoms with Gasteiger partial charge in [0, 0.05) is 31.7 Å². The Morgan fingerprint density at radius 3 is 2.29 bits per heavy atom. The van der Waals surface area contributed by atoms with Gasteiger partial charge in [0.15, 0.2) is 0 Å². The van der Waals surface area contributed by atoms with E-state index in [4.69, 9.17) is 0 Å². The maximum atomic E-state index is 12.7. The molecule has 0 spiro atoms. The SMILES string of the molecule is O=C(C(=O)N1CCNCC1)c1ccc(F)cc1. The minimum absolute atomic E-state index is 0.231. The minimum atomic E-state index is -0.577. The lowest BCUT2D eigenvalue weighted by atomic mass is 10.1. The fraction of sp³-hybridized carbons (Fsp3) is 0.333. The molecular weight excluding hydrogens is 223 g/mol. The summed E-state index contributed by atoms with van der Waals surface area (Å²) in [7, 11) is 0. The fourth-order valence-corrected chi connectivity index (χ4v) is 1.74. The molecule has 1 saturated heterocycles. The van der Waals surface area contributed by atoms with Crippen LogP contribution >= 0.6 is 0 Å². The van der Waals surface area contributed by atoms with Crippen LogP contribution < -0.4 is 5.32 Å². The van der Waals surface area contributed by atoms with Crippen molar-refractivity contribution in [2.24, 2.45) is 0 Å². The van der Waals surface area contributed by atoms with Gasteiger partial charge in [-0.15, -0.1) is 0 Å². The number of amides is 1. The summed E-state index contributed by atoms with van der Waals surface area (Å²) < 4.78 is 12.7. The summed E-state index contributed by atoms with van der Waals surface area (Å²) in [6.45, 7) is 2.46. The number of Topliss-reactive ketones (excluding diaryl/α,β-unsaturated/α-hetero) is 1. The van der Waals surface area contributed by atoms with Crippen molar-refractivity contribution >= 4 is 11.7 Å². The van der Waals surface area contributed by atoms with Gasteiger partial charge in [-0.2, -0.15) is 0 Å². The largest absolute Gasteiger partial charge is 0.333 e. The number of rotatable bonds is 2. The average molecular weight is 236 g/mol. The van der Waals surface area contributed by atoms with Gasteiger partial charge in [0.25, 0.3) is 5.91 Å². The first kappa shape index (κ1) is 11.7. The molecule has 1 heterocycles. The number of nitrogens with zero attached hydrogens (tertiary/aromatic N) is 1. The van der Waals surface area contributed by atoms with Crippen molar-refractivity contribution in [1.29, 1.82) is 0 Å². The van der Waals surface area contributed by atoms with Crippen molar-refractivity contribution in [3.05, 3.63) is 35.6 Å². The van der Waals surface area contributed by atoms with Gasteiger partial charge in [-0.25, -0.2) is 4.39 Å². The number of benzene rings is 1. The maximum Gasteiger partial charge on any atom is 0.295 e. The minimum Gasteiger partial charge on any atom is -0.333 e. The Hall–Kier alpha value is -1.75. The van der Waals surface area contributed by atoms with Gasteiger partial charge < -0.3 is 10.2 Å². The van der Waals surface area contributed by atoms with Gasteiger partial charge in [-0.3, -0.25) is 9.59 Å². The third-order valence-electron chi connectivity index (χ3n) is 2.70. The van der Waals surface area contributed by atoms with Crippen LogP contribution in [0, 0.1) is 5.82 Å². The van der Waals surface area contributed by atoms with Crippen LogP contribution in [0.2, 0.25) is 0 Å². The lowest BCUT2D eigenvalue weighted by molar-refractivity contribution is -0.126. The predicted molar refractivity (Wildman–Crippen MR) is 60.2 cm³/mol. The van der Waals surface area contributed by atoms with E-state index < -0.39 is 17.5 Å². The first-order chi connectivity index (χ1) is 8.18. The highest BCUT2D eigenvalue weighted by atomic mass is 19.1. The Bertz CT molecular complexity index is 425. The number of carbonyl (C=O) groups excluding carboxylic acids is 2. The summed E-state index contributed by atoms with van der Waals surface area (Å²) in [5.41, 5.74) is 0.231. The first-order valence-electron chi connectivity index (χ1n) is 5.48. The molecule has 5 heteroatoms. The molecular formula is C12H13FN2O2. The number of hydrogen-bond acceptors (Lipinski definition) is 3. The smallest absolute Gasteiger partial charge is 0.295 e. The number of hydrogen-bond donors (Lipinski definition) is 1. The van der Waals surface area contributed by atoms with E-state index in [1.807, 2.05) is 0 Å². The maximum absolute atomic E-state index is 12.7. The normalized spacial score (nSPS) is 15.7. The van der Waals surface area contributed by atoms with Crippen molar-refractivity contribution in [2.75, 3.05) is 26.2 Å². The van der Waals surface area contributed by atoms with Gasteiger partial charge in [0.1, 0.15) is 5.82 Å². The topological polar surface area (TPSA) is 49.4 Å². The molecule has 2 rings (SSSR count). The zero-order chi connectivity index (χ0) is 12.3. The molecule has 90 valence electrons. The molecule has 4 nitrogen and oxygen atoms in total. The molecule has 1 aliphatic rings. The molecule has 0 bridgehead atoms. The molecule has 0 unspecified atom stereocenters. The predicted octanol–water partition coefficient (Wildman–Crippen LogP) is 0.440. The van der Waals surface area contributed by atoms with E-state index in [9.17, 15) is 14.0 Å². The zero-order valence-electron chi connectivity index (χ0n) is 9.28. The van der Waals surface area contributed by atoms with Crippen LogP contribution in [0.4, 0.5) is 4.39 Å². The molecule has 1 aromatic carbocycles. The Kier molecular flexibility index (Phi) is 3.49. The van der Waals surface area contributed by atoms with Crippen molar-refractivity contribution in [3.63, 3.8) is 0 Å². The molecule has 1 fully saturated rings. The molecule has 1 N–H and O–H groups in total. The second kappa shape index (κ2) is 5.05. The molecule has 0 aliphatic carbocycles. The highest BCUT2D eigenvalue weighted by Gasteiger charge is 2.24. The number of piperazine rings is 1. The van der Waals surface area contributed by atoms with Crippen LogP contribution in [0.15, 0.2) is 24.3 Å². The van der Waals surface area contributed by atoms with Gasteiger partial charge in [-0.1, -0.05) is 0 Å². The molecule has 1 amide bonds. The van der Waals surface area contributed by atoms with Gasteiger partial charge in [0.2, 0.25) is 5.78 Å². The summed E-state index contributed by atoms with van der Waals surface area (Å²) in [5.74, 6) is -1.51. The van der Waals surface area contributed by atoms with Crippen LogP contribution in [0.3, 0.4) is 0 Å². The number of nitrogens with one attached hydrogen (secondary N) is 1. The molecule has 0 aromatic heterocycles. The summed E-state index contributed by atoms with van der Waals surface area (Å²) in [5, 5.41) is 3.10. The van der Waals surface area contributed by atoms with Crippen LogP contribution in [-0.2, 0) is 4.79 Å². The van der Waals surface area contributed by atoms with Gasteiger partial charge in [-0.05, 0) is 24.3 Å².